The van der Waals surface area contributed by atoms with Crippen molar-refractivity contribution in [3.8, 4) is 0 Å². The molecule has 2 aliphatic rings. The molecule has 1 N–H and O–H groups in total. The van der Waals surface area contributed by atoms with E-state index >= 15 is 0 Å². The molecule has 0 radical (unpaired) electrons. The predicted molar refractivity (Wildman–Crippen MR) is 88.5 cm³/mol. The Morgan fingerprint density at radius 2 is 1.83 bits per heavy atom. The summed E-state index contributed by atoms with van der Waals surface area (Å²) in [6, 6.07) is 7.24. The van der Waals surface area contributed by atoms with E-state index < -0.39 is 10.0 Å². The predicted octanol–water partition coefficient (Wildman–Crippen LogP) is 1.93. The average molecular weight is 336 g/mol. The molecule has 126 valence electrons. The molecule has 0 aliphatic carbocycles. The van der Waals surface area contributed by atoms with Crippen molar-refractivity contribution in [3.63, 3.8) is 0 Å². The zero-order chi connectivity index (χ0) is 16.5. The van der Waals surface area contributed by atoms with Crippen molar-refractivity contribution in [3.05, 3.63) is 29.8 Å². The number of sulfonamides is 1. The summed E-state index contributed by atoms with van der Waals surface area (Å²) in [5.74, 6) is 0.0906. The summed E-state index contributed by atoms with van der Waals surface area (Å²) in [5, 5.41) is 2.88. The number of amides is 1. The van der Waals surface area contributed by atoms with Crippen molar-refractivity contribution < 1.29 is 13.2 Å². The second-order valence-electron chi connectivity index (χ2n) is 6.75. The van der Waals surface area contributed by atoms with Crippen LogP contribution in [0.1, 0.15) is 38.2 Å². The number of nitrogens with zero attached hydrogens (tertiary/aromatic N) is 1. The Kier molecular flexibility index (Phi) is 4.47. The Labute approximate surface area is 138 Å². The van der Waals surface area contributed by atoms with Crippen LogP contribution in [0.5, 0.6) is 0 Å². The highest BCUT2D eigenvalue weighted by Crippen LogP contribution is 2.38. The summed E-state index contributed by atoms with van der Waals surface area (Å²) >= 11 is 0. The first-order valence-corrected chi connectivity index (χ1v) is 9.75. The highest BCUT2D eigenvalue weighted by molar-refractivity contribution is 7.89. The highest BCUT2D eigenvalue weighted by Gasteiger charge is 2.43. The molecule has 0 saturated carbocycles. The fourth-order valence-corrected chi connectivity index (χ4v) is 5.01. The van der Waals surface area contributed by atoms with Gasteiger partial charge in [-0.15, -0.1) is 0 Å². The fourth-order valence-electron chi connectivity index (χ4n) is 3.57. The average Bonchev–Trinajstić information content (AvgIpc) is 2.89. The zero-order valence-electron chi connectivity index (χ0n) is 13.5. The number of carbonyl (C=O) groups is 1. The molecule has 2 heterocycles. The first kappa shape index (κ1) is 16.5. The van der Waals surface area contributed by atoms with Crippen molar-refractivity contribution >= 4 is 15.9 Å². The normalized spacial score (nSPS) is 21.5. The first-order chi connectivity index (χ1) is 11.0. The minimum atomic E-state index is -3.43. The van der Waals surface area contributed by atoms with Gasteiger partial charge in [-0.05, 0) is 42.4 Å². The molecule has 1 amide bonds. The van der Waals surface area contributed by atoms with Gasteiger partial charge < -0.3 is 5.32 Å². The van der Waals surface area contributed by atoms with Gasteiger partial charge in [0.25, 0.3) is 0 Å². The maximum absolute atomic E-state index is 12.8. The molecule has 1 spiro atoms. The first-order valence-electron chi connectivity index (χ1n) is 8.31. The summed E-state index contributed by atoms with van der Waals surface area (Å²) in [5.41, 5.74) is 1.13. The molecule has 1 aromatic rings. The molecule has 0 aromatic heterocycles. The van der Waals surface area contributed by atoms with E-state index in [0.717, 1.165) is 25.7 Å². The van der Waals surface area contributed by atoms with Crippen LogP contribution in [-0.2, 0) is 21.2 Å². The lowest BCUT2D eigenvalue weighted by atomic mass is 9.78. The van der Waals surface area contributed by atoms with E-state index in [-0.39, 0.29) is 11.3 Å². The van der Waals surface area contributed by atoms with Crippen LogP contribution in [0.4, 0.5) is 0 Å². The van der Waals surface area contributed by atoms with Crippen molar-refractivity contribution in [1.29, 1.82) is 0 Å². The Morgan fingerprint density at radius 1 is 1.17 bits per heavy atom. The number of benzene rings is 1. The summed E-state index contributed by atoms with van der Waals surface area (Å²) in [6.07, 6.45) is 4.05. The lowest BCUT2D eigenvalue weighted by Crippen LogP contribution is -2.43. The quantitative estimate of drug-likeness (QED) is 0.913. The molecule has 5 nitrogen and oxygen atoms in total. The molecular formula is C17H24N2O3S. The van der Waals surface area contributed by atoms with E-state index in [2.05, 4.69) is 12.2 Å². The lowest BCUT2D eigenvalue weighted by molar-refractivity contribution is -0.119. The van der Waals surface area contributed by atoms with Gasteiger partial charge in [-0.25, -0.2) is 8.42 Å². The fraction of sp³-hybridized carbons (Fsp3) is 0.588. The van der Waals surface area contributed by atoms with Crippen LogP contribution in [0, 0.1) is 5.41 Å². The minimum Gasteiger partial charge on any atom is -0.356 e. The highest BCUT2D eigenvalue weighted by atomic mass is 32.2. The lowest BCUT2D eigenvalue weighted by Gasteiger charge is -2.37. The molecule has 2 fully saturated rings. The summed E-state index contributed by atoms with van der Waals surface area (Å²) in [6.45, 7) is 3.78. The van der Waals surface area contributed by atoms with Crippen molar-refractivity contribution in [1.82, 2.24) is 9.62 Å². The van der Waals surface area contributed by atoms with E-state index in [0.29, 0.717) is 31.0 Å². The van der Waals surface area contributed by atoms with Crippen LogP contribution < -0.4 is 5.32 Å². The number of nitrogens with one attached hydrogen (secondary N) is 1. The Bertz CT molecular complexity index is 674. The number of hydrogen-bond acceptors (Lipinski definition) is 3. The van der Waals surface area contributed by atoms with Gasteiger partial charge in [0.05, 0.1) is 4.90 Å². The maximum atomic E-state index is 12.8. The van der Waals surface area contributed by atoms with Gasteiger partial charge in [0.15, 0.2) is 0 Å². The van der Waals surface area contributed by atoms with E-state index in [9.17, 15) is 13.2 Å². The molecule has 2 aliphatic heterocycles. The van der Waals surface area contributed by atoms with Crippen LogP contribution in [-0.4, -0.2) is 38.3 Å². The number of piperidine rings is 1. The Balaban J connectivity index is 1.70. The minimum absolute atomic E-state index is 0.0336. The second-order valence-corrected chi connectivity index (χ2v) is 8.69. The summed E-state index contributed by atoms with van der Waals surface area (Å²) < 4.78 is 27.1. The van der Waals surface area contributed by atoms with Gasteiger partial charge in [0.2, 0.25) is 15.9 Å². The van der Waals surface area contributed by atoms with Crippen LogP contribution in [0.2, 0.25) is 0 Å². The topological polar surface area (TPSA) is 66.5 Å². The summed E-state index contributed by atoms with van der Waals surface area (Å²) in [4.78, 5) is 11.8. The smallest absolute Gasteiger partial charge is 0.243 e. The summed E-state index contributed by atoms with van der Waals surface area (Å²) in [7, 11) is -3.43. The van der Waals surface area contributed by atoms with Crippen molar-refractivity contribution in [2.45, 2.75) is 43.9 Å². The molecule has 23 heavy (non-hydrogen) atoms. The van der Waals surface area contributed by atoms with Crippen LogP contribution >= 0.6 is 0 Å². The van der Waals surface area contributed by atoms with Gasteiger partial charge in [-0.3, -0.25) is 4.79 Å². The van der Waals surface area contributed by atoms with Gasteiger partial charge in [-0.1, -0.05) is 25.5 Å². The third-order valence-corrected chi connectivity index (χ3v) is 6.99. The third kappa shape index (κ3) is 3.28. The molecule has 0 atom stereocenters. The largest absolute Gasteiger partial charge is 0.356 e. The molecule has 1 aromatic carbocycles. The van der Waals surface area contributed by atoms with Crippen LogP contribution in [0.25, 0.3) is 0 Å². The van der Waals surface area contributed by atoms with Crippen LogP contribution in [0.15, 0.2) is 29.2 Å². The van der Waals surface area contributed by atoms with E-state index in [4.69, 9.17) is 0 Å². The van der Waals surface area contributed by atoms with Gasteiger partial charge >= 0.3 is 0 Å². The van der Waals surface area contributed by atoms with Crippen LogP contribution in [0.3, 0.4) is 0 Å². The van der Waals surface area contributed by atoms with Gasteiger partial charge in [0, 0.05) is 26.1 Å². The van der Waals surface area contributed by atoms with Crippen molar-refractivity contribution in [2.75, 3.05) is 19.6 Å². The standard InChI is InChI=1S/C17H24N2O3S/c1-2-3-14-4-6-15(7-5-14)23(21,22)19-10-8-17(9-11-19)12-16(20)18-13-17/h4-7H,2-3,8-13H2,1H3,(H,18,20). The molecular weight excluding hydrogens is 312 g/mol. The van der Waals surface area contributed by atoms with E-state index in [1.54, 1.807) is 16.4 Å². The molecule has 3 rings (SSSR count). The molecule has 2 saturated heterocycles. The van der Waals surface area contributed by atoms with Crippen molar-refractivity contribution in [2.24, 2.45) is 5.41 Å². The Morgan fingerprint density at radius 3 is 2.35 bits per heavy atom. The number of aryl methyl sites for hydroxylation is 1. The van der Waals surface area contributed by atoms with E-state index in [1.165, 1.54) is 5.56 Å². The SMILES string of the molecule is CCCc1ccc(S(=O)(=O)N2CCC3(CC2)CNC(=O)C3)cc1. The third-order valence-electron chi connectivity index (χ3n) is 5.08. The second kappa shape index (κ2) is 6.24. The van der Waals surface area contributed by atoms with E-state index in [1.807, 2.05) is 12.1 Å². The molecule has 0 unspecified atom stereocenters. The monoisotopic (exact) mass is 336 g/mol. The number of rotatable bonds is 4. The number of hydrogen-bond donors (Lipinski definition) is 1. The van der Waals surface area contributed by atoms with Gasteiger partial charge in [-0.2, -0.15) is 4.31 Å². The number of carbonyl (C=O) groups excluding carboxylic acids is 1. The zero-order valence-corrected chi connectivity index (χ0v) is 14.4. The Hall–Kier alpha value is -1.40. The molecule has 6 heteroatoms. The van der Waals surface area contributed by atoms with Gasteiger partial charge in [0.1, 0.15) is 0 Å². The maximum Gasteiger partial charge on any atom is 0.243 e. The molecule has 0 bridgehead atoms.